The Morgan fingerprint density at radius 3 is 2.88 bits per heavy atom. The third-order valence-corrected chi connectivity index (χ3v) is 4.97. The number of pyridine rings is 1. The topological polar surface area (TPSA) is 55.6 Å². The van der Waals surface area contributed by atoms with Crippen molar-refractivity contribution in [2.75, 3.05) is 7.11 Å². The summed E-state index contributed by atoms with van der Waals surface area (Å²) in [6, 6.07) is 10.2. The van der Waals surface area contributed by atoms with Crippen LogP contribution >= 0.6 is 0 Å². The number of aryl methyl sites for hydroxylation is 2. The predicted octanol–water partition coefficient (Wildman–Crippen LogP) is 3.11. The van der Waals surface area contributed by atoms with Gasteiger partial charge in [-0.15, -0.1) is 0 Å². The molecule has 1 aliphatic heterocycles. The number of ether oxygens (including phenoxy) is 1. The molecule has 1 amide bonds. The van der Waals surface area contributed by atoms with Gasteiger partial charge in [0.15, 0.2) is 0 Å². The van der Waals surface area contributed by atoms with Gasteiger partial charge in [0.05, 0.1) is 25.0 Å². The molecule has 0 bridgehead atoms. The van der Waals surface area contributed by atoms with E-state index in [1.807, 2.05) is 31.3 Å². The summed E-state index contributed by atoms with van der Waals surface area (Å²) in [6.07, 6.45) is 2.44. The standard InChI is InChI=1S/C20H21N3O2/c1-12-9-17(25-3)13(2)8-14(12)15-10-19(24)21-11-16-20(15)23-7-5-4-6-18(23)22-16/h4-9,15H,10-11H2,1-3H3,(H,21,24). The monoisotopic (exact) mass is 335 g/mol. The summed E-state index contributed by atoms with van der Waals surface area (Å²) in [6.45, 7) is 4.58. The number of nitrogens with one attached hydrogen (secondary N) is 1. The third kappa shape index (κ3) is 2.56. The Morgan fingerprint density at radius 2 is 2.08 bits per heavy atom. The number of rotatable bonds is 2. The molecule has 1 atom stereocenters. The van der Waals surface area contributed by atoms with Crippen molar-refractivity contribution in [2.24, 2.45) is 0 Å². The van der Waals surface area contributed by atoms with Gasteiger partial charge in [-0.3, -0.25) is 4.79 Å². The molecule has 0 spiro atoms. The number of hydrogen-bond donors (Lipinski definition) is 1. The number of amides is 1. The quantitative estimate of drug-likeness (QED) is 0.783. The van der Waals surface area contributed by atoms with Crippen LogP contribution in [0.3, 0.4) is 0 Å². The largest absolute Gasteiger partial charge is 0.496 e. The molecule has 1 unspecified atom stereocenters. The Labute approximate surface area is 146 Å². The van der Waals surface area contributed by atoms with Crippen molar-refractivity contribution >= 4 is 11.6 Å². The SMILES string of the molecule is COc1cc(C)c(C2CC(=O)NCc3nc4ccccn4c32)cc1C. The molecule has 0 saturated carbocycles. The fourth-order valence-electron chi connectivity index (χ4n) is 3.76. The van der Waals surface area contributed by atoms with Gasteiger partial charge in [-0.25, -0.2) is 4.98 Å². The number of fused-ring (bicyclic) bond motifs is 3. The first kappa shape index (κ1) is 15.7. The zero-order valence-electron chi connectivity index (χ0n) is 14.7. The number of carbonyl (C=O) groups is 1. The predicted molar refractivity (Wildman–Crippen MR) is 96.0 cm³/mol. The normalized spacial score (nSPS) is 17.1. The number of imidazole rings is 1. The van der Waals surface area contributed by atoms with Gasteiger partial charge in [-0.05, 0) is 48.7 Å². The van der Waals surface area contributed by atoms with Crippen LogP contribution in [-0.2, 0) is 11.3 Å². The van der Waals surface area contributed by atoms with Gasteiger partial charge in [-0.2, -0.15) is 0 Å². The first-order chi connectivity index (χ1) is 12.1. The van der Waals surface area contributed by atoms with Gasteiger partial charge in [0.1, 0.15) is 11.4 Å². The van der Waals surface area contributed by atoms with E-state index < -0.39 is 0 Å². The highest BCUT2D eigenvalue weighted by Crippen LogP contribution is 2.37. The number of carbonyl (C=O) groups excluding carboxylic acids is 1. The molecule has 25 heavy (non-hydrogen) atoms. The highest BCUT2D eigenvalue weighted by atomic mass is 16.5. The van der Waals surface area contributed by atoms with Crippen LogP contribution in [0.4, 0.5) is 0 Å². The minimum absolute atomic E-state index is 0.0282. The second kappa shape index (κ2) is 5.92. The molecular formula is C20H21N3O2. The van der Waals surface area contributed by atoms with Crippen molar-refractivity contribution in [1.82, 2.24) is 14.7 Å². The van der Waals surface area contributed by atoms with Gasteiger partial charge >= 0.3 is 0 Å². The molecule has 0 aliphatic carbocycles. The molecule has 1 aromatic carbocycles. The Hall–Kier alpha value is -2.82. The Bertz CT molecular complexity index is 974. The highest BCUT2D eigenvalue weighted by molar-refractivity contribution is 5.78. The van der Waals surface area contributed by atoms with Crippen LogP contribution in [0, 0.1) is 13.8 Å². The number of methoxy groups -OCH3 is 1. The summed E-state index contributed by atoms with van der Waals surface area (Å²) in [4.78, 5) is 17.0. The average molecular weight is 335 g/mol. The van der Waals surface area contributed by atoms with E-state index in [4.69, 9.17) is 9.72 Å². The van der Waals surface area contributed by atoms with Crippen LogP contribution in [0.2, 0.25) is 0 Å². The van der Waals surface area contributed by atoms with E-state index in [-0.39, 0.29) is 11.8 Å². The van der Waals surface area contributed by atoms with E-state index in [0.29, 0.717) is 13.0 Å². The van der Waals surface area contributed by atoms with Crippen LogP contribution in [0.15, 0.2) is 36.5 Å². The molecule has 0 saturated heterocycles. The van der Waals surface area contributed by atoms with Gasteiger partial charge in [0, 0.05) is 18.5 Å². The Kier molecular flexibility index (Phi) is 3.71. The number of hydrogen-bond acceptors (Lipinski definition) is 3. The van der Waals surface area contributed by atoms with Crippen molar-refractivity contribution in [2.45, 2.75) is 32.7 Å². The lowest BCUT2D eigenvalue weighted by Gasteiger charge is -2.20. The minimum atomic E-state index is -0.0282. The molecule has 3 aromatic rings. The van der Waals surface area contributed by atoms with Crippen LogP contribution in [-0.4, -0.2) is 22.4 Å². The molecule has 1 aliphatic rings. The van der Waals surface area contributed by atoms with Crippen LogP contribution in [0.1, 0.15) is 40.4 Å². The Morgan fingerprint density at radius 1 is 1.24 bits per heavy atom. The summed E-state index contributed by atoms with van der Waals surface area (Å²) < 4.78 is 7.55. The summed E-state index contributed by atoms with van der Waals surface area (Å²) in [5, 5.41) is 2.98. The van der Waals surface area contributed by atoms with Crippen molar-refractivity contribution < 1.29 is 9.53 Å². The average Bonchev–Trinajstić information content (AvgIpc) is 2.89. The Balaban J connectivity index is 1.95. The van der Waals surface area contributed by atoms with Gasteiger partial charge < -0.3 is 14.5 Å². The van der Waals surface area contributed by atoms with Crippen molar-refractivity contribution in [3.05, 3.63) is 64.6 Å². The van der Waals surface area contributed by atoms with E-state index in [0.717, 1.165) is 39.5 Å². The van der Waals surface area contributed by atoms with E-state index >= 15 is 0 Å². The summed E-state index contributed by atoms with van der Waals surface area (Å²) >= 11 is 0. The van der Waals surface area contributed by atoms with Crippen molar-refractivity contribution in [1.29, 1.82) is 0 Å². The summed E-state index contributed by atoms with van der Waals surface area (Å²) in [5.74, 6) is 0.901. The molecule has 4 rings (SSSR count). The van der Waals surface area contributed by atoms with E-state index in [2.05, 4.69) is 28.8 Å². The van der Waals surface area contributed by atoms with Crippen molar-refractivity contribution in [3.63, 3.8) is 0 Å². The lowest BCUT2D eigenvalue weighted by molar-refractivity contribution is -0.121. The molecule has 0 fully saturated rings. The third-order valence-electron chi connectivity index (χ3n) is 4.97. The molecule has 2 aromatic heterocycles. The van der Waals surface area contributed by atoms with Crippen LogP contribution in [0.5, 0.6) is 5.75 Å². The number of aromatic nitrogens is 2. The molecule has 5 nitrogen and oxygen atoms in total. The fourth-order valence-corrected chi connectivity index (χ4v) is 3.76. The first-order valence-corrected chi connectivity index (χ1v) is 8.46. The minimum Gasteiger partial charge on any atom is -0.496 e. The van der Waals surface area contributed by atoms with Crippen LogP contribution < -0.4 is 10.1 Å². The maximum absolute atomic E-state index is 12.3. The van der Waals surface area contributed by atoms with Crippen molar-refractivity contribution in [3.8, 4) is 5.75 Å². The van der Waals surface area contributed by atoms with E-state index in [1.165, 1.54) is 0 Å². The molecule has 1 N–H and O–H groups in total. The van der Waals surface area contributed by atoms with Gasteiger partial charge in [-0.1, -0.05) is 12.1 Å². The maximum atomic E-state index is 12.3. The van der Waals surface area contributed by atoms with Gasteiger partial charge in [0.25, 0.3) is 0 Å². The number of nitrogens with zero attached hydrogens (tertiary/aromatic N) is 2. The first-order valence-electron chi connectivity index (χ1n) is 8.46. The van der Waals surface area contributed by atoms with Gasteiger partial charge in [0.2, 0.25) is 5.91 Å². The molecule has 5 heteroatoms. The fraction of sp³-hybridized carbons (Fsp3) is 0.300. The number of benzene rings is 1. The lowest BCUT2D eigenvalue weighted by Crippen LogP contribution is -2.21. The second-order valence-electron chi connectivity index (χ2n) is 6.58. The zero-order valence-corrected chi connectivity index (χ0v) is 14.7. The molecule has 0 radical (unpaired) electrons. The zero-order chi connectivity index (χ0) is 17.6. The van der Waals surface area contributed by atoms with E-state index in [1.54, 1.807) is 7.11 Å². The molecule has 3 heterocycles. The maximum Gasteiger partial charge on any atom is 0.221 e. The molecule has 128 valence electrons. The van der Waals surface area contributed by atoms with E-state index in [9.17, 15) is 4.79 Å². The summed E-state index contributed by atoms with van der Waals surface area (Å²) in [5.41, 5.74) is 6.30. The summed E-state index contributed by atoms with van der Waals surface area (Å²) in [7, 11) is 1.68. The highest BCUT2D eigenvalue weighted by Gasteiger charge is 2.30. The molecular weight excluding hydrogens is 314 g/mol. The smallest absolute Gasteiger partial charge is 0.221 e. The second-order valence-corrected chi connectivity index (χ2v) is 6.58. The lowest BCUT2D eigenvalue weighted by atomic mass is 9.87. The van der Waals surface area contributed by atoms with Crippen LogP contribution in [0.25, 0.3) is 5.65 Å².